The molecule has 0 aromatic heterocycles. The minimum Gasteiger partial charge on any atom is -0.457 e. The van der Waals surface area contributed by atoms with Crippen LogP contribution >= 0.6 is 11.6 Å². The monoisotopic (exact) mass is 378 g/mol. The number of hydrogen-bond acceptors (Lipinski definition) is 4. The molecule has 0 saturated heterocycles. The van der Waals surface area contributed by atoms with Gasteiger partial charge in [0, 0.05) is 10.6 Å². The molecule has 0 radical (unpaired) electrons. The first-order valence-corrected chi connectivity index (χ1v) is 7.99. The molecule has 0 aliphatic rings. The van der Waals surface area contributed by atoms with Crippen LogP contribution in [0.2, 0.25) is 5.02 Å². The molecule has 0 aliphatic heterocycles. The molecule has 0 saturated carbocycles. The number of halogens is 2. The lowest BCUT2D eigenvalue weighted by Gasteiger charge is -2.18. The van der Waals surface area contributed by atoms with Gasteiger partial charge in [0.25, 0.3) is 0 Å². The number of carbonyl (C=O) groups excluding carboxylic acids is 3. The summed E-state index contributed by atoms with van der Waals surface area (Å²) in [5.41, 5.74) is 5.85. The zero-order chi connectivity index (χ0) is 19.1. The Kier molecular flexibility index (Phi) is 6.68. The van der Waals surface area contributed by atoms with Crippen molar-refractivity contribution >= 4 is 29.4 Å². The van der Waals surface area contributed by atoms with Crippen LogP contribution in [0.25, 0.3) is 0 Å². The predicted molar refractivity (Wildman–Crippen MR) is 93.2 cm³/mol. The van der Waals surface area contributed by atoms with Gasteiger partial charge in [-0.15, -0.1) is 0 Å². The number of esters is 1. The SMILES string of the molecule is NC(=O)N[C@@H](CC(=O)OCC(=O)c1ccc(F)cc1)c1ccccc1Cl. The molecular formula is C18H16ClFN2O4. The van der Waals surface area contributed by atoms with E-state index in [0.29, 0.717) is 10.6 Å². The molecule has 2 aromatic rings. The van der Waals surface area contributed by atoms with Gasteiger partial charge in [-0.05, 0) is 35.9 Å². The molecule has 0 fully saturated rings. The van der Waals surface area contributed by atoms with Crippen molar-refractivity contribution in [3.63, 3.8) is 0 Å². The Morgan fingerprint density at radius 3 is 2.38 bits per heavy atom. The van der Waals surface area contributed by atoms with Crippen molar-refractivity contribution in [2.45, 2.75) is 12.5 Å². The maximum atomic E-state index is 12.9. The molecule has 6 nitrogen and oxygen atoms in total. The summed E-state index contributed by atoms with van der Waals surface area (Å²) in [5, 5.41) is 2.77. The van der Waals surface area contributed by atoms with Crippen LogP contribution in [-0.2, 0) is 9.53 Å². The number of benzene rings is 2. The second-order valence-electron chi connectivity index (χ2n) is 5.38. The molecule has 1 atom stereocenters. The topological polar surface area (TPSA) is 98.5 Å². The van der Waals surface area contributed by atoms with E-state index < -0.39 is 36.2 Å². The quantitative estimate of drug-likeness (QED) is 0.571. The van der Waals surface area contributed by atoms with Crippen LogP contribution in [0.4, 0.5) is 9.18 Å². The summed E-state index contributed by atoms with van der Waals surface area (Å²) in [6.45, 7) is -0.504. The van der Waals surface area contributed by atoms with Gasteiger partial charge in [0.2, 0.25) is 0 Å². The lowest BCUT2D eigenvalue weighted by molar-refractivity contribution is -0.143. The molecule has 26 heavy (non-hydrogen) atoms. The Bertz CT molecular complexity index is 811. The summed E-state index contributed by atoms with van der Waals surface area (Å²) in [7, 11) is 0. The predicted octanol–water partition coefficient (Wildman–Crippen LogP) is 3.00. The van der Waals surface area contributed by atoms with Gasteiger partial charge < -0.3 is 15.8 Å². The number of ether oxygens (including phenoxy) is 1. The van der Waals surface area contributed by atoms with E-state index >= 15 is 0 Å². The van der Waals surface area contributed by atoms with Gasteiger partial charge in [0.15, 0.2) is 12.4 Å². The number of primary amides is 1. The van der Waals surface area contributed by atoms with Gasteiger partial charge in [0.1, 0.15) is 5.82 Å². The Morgan fingerprint density at radius 2 is 1.77 bits per heavy atom. The second-order valence-corrected chi connectivity index (χ2v) is 5.78. The van der Waals surface area contributed by atoms with Crippen molar-refractivity contribution in [1.82, 2.24) is 5.32 Å². The number of urea groups is 1. The van der Waals surface area contributed by atoms with E-state index in [0.717, 1.165) is 12.1 Å². The average molecular weight is 379 g/mol. The van der Waals surface area contributed by atoms with E-state index in [9.17, 15) is 18.8 Å². The van der Waals surface area contributed by atoms with E-state index in [1.54, 1.807) is 24.3 Å². The Balaban J connectivity index is 1.98. The smallest absolute Gasteiger partial charge is 0.312 e. The van der Waals surface area contributed by atoms with Crippen LogP contribution < -0.4 is 11.1 Å². The van der Waals surface area contributed by atoms with Gasteiger partial charge >= 0.3 is 12.0 Å². The number of Topliss-reactive ketones (excluding diaryl/α,β-unsaturated/α-hetero) is 1. The molecular weight excluding hydrogens is 363 g/mol. The van der Waals surface area contributed by atoms with Crippen LogP contribution in [0.1, 0.15) is 28.4 Å². The highest BCUT2D eigenvalue weighted by Crippen LogP contribution is 2.25. The first-order chi connectivity index (χ1) is 12.4. The zero-order valence-electron chi connectivity index (χ0n) is 13.6. The summed E-state index contributed by atoms with van der Waals surface area (Å²) in [4.78, 5) is 35.2. The fourth-order valence-electron chi connectivity index (χ4n) is 2.26. The van der Waals surface area contributed by atoms with Crippen molar-refractivity contribution in [2.75, 3.05) is 6.61 Å². The fourth-order valence-corrected chi connectivity index (χ4v) is 2.53. The normalized spacial score (nSPS) is 11.5. The fraction of sp³-hybridized carbons (Fsp3) is 0.167. The highest BCUT2D eigenvalue weighted by Gasteiger charge is 2.21. The van der Waals surface area contributed by atoms with Gasteiger partial charge in [0.05, 0.1) is 12.5 Å². The summed E-state index contributed by atoms with van der Waals surface area (Å²) < 4.78 is 17.8. The van der Waals surface area contributed by atoms with E-state index in [4.69, 9.17) is 22.1 Å². The lowest BCUT2D eigenvalue weighted by Crippen LogP contribution is -2.35. The molecule has 8 heteroatoms. The molecule has 0 bridgehead atoms. The van der Waals surface area contributed by atoms with Gasteiger partial charge in [-0.25, -0.2) is 9.18 Å². The largest absolute Gasteiger partial charge is 0.457 e. The van der Waals surface area contributed by atoms with Crippen LogP contribution in [0.3, 0.4) is 0 Å². The number of amides is 2. The molecule has 0 spiro atoms. The first kappa shape index (κ1) is 19.4. The van der Waals surface area contributed by atoms with Crippen LogP contribution in [-0.4, -0.2) is 24.4 Å². The number of rotatable bonds is 7. The molecule has 3 N–H and O–H groups in total. The van der Waals surface area contributed by atoms with Crippen LogP contribution in [0, 0.1) is 5.82 Å². The Morgan fingerprint density at radius 1 is 1.12 bits per heavy atom. The Labute approximate surface area is 154 Å². The van der Waals surface area contributed by atoms with Crippen LogP contribution in [0.5, 0.6) is 0 Å². The zero-order valence-corrected chi connectivity index (χ0v) is 14.3. The Hall–Kier alpha value is -2.93. The van der Waals surface area contributed by atoms with E-state index in [1.165, 1.54) is 12.1 Å². The molecule has 2 amide bonds. The number of ketones is 1. The van der Waals surface area contributed by atoms with Gasteiger partial charge in [-0.1, -0.05) is 29.8 Å². The molecule has 2 aromatic carbocycles. The number of nitrogens with one attached hydrogen (secondary N) is 1. The van der Waals surface area contributed by atoms with Crippen molar-refractivity contribution in [1.29, 1.82) is 0 Å². The minimum atomic E-state index is -0.829. The van der Waals surface area contributed by atoms with E-state index in [2.05, 4.69) is 5.32 Å². The molecule has 0 heterocycles. The average Bonchev–Trinajstić information content (AvgIpc) is 2.60. The highest BCUT2D eigenvalue weighted by molar-refractivity contribution is 6.31. The third-order valence-corrected chi connectivity index (χ3v) is 3.84. The summed E-state index contributed by atoms with van der Waals surface area (Å²) >= 11 is 6.08. The standard InChI is InChI=1S/C18H16ClFN2O4/c19-14-4-2-1-3-13(14)15(22-18(21)25)9-17(24)26-10-16(23)11-5-7-12(20)8-6-11/h1-8,15H,9-10H2,(H3,21,22,25)/t15-/m0/s1. The summed E-state index contributed by atoms with van der Waals surface area (Å²) in [6.07, 6.45) is -0.261. The summed E-state index contributed by atoms with van der Waals surface area (Å²) in [5.74, 6) is -1.67. The molecule has 2 rings (SSSR count). The number of nitrogens with two attached hydrogens (primary N) is 1. The molecule has 0 unspecified atom stereocenters. The van der Waals surface area contributed by atoms with Crippen molar-refractivity contribution < 1.29 is 23.5 Å². The van der Waals surface area contributed by atoms with Crippen LogP contribution in [0.15, 0.2) is 48.5 Å². The third kappa shape index (κ3) is 5.56. The number of hydrogen-bond donors (Lipinski definition) is 2. The van der Waals surface area contributed by atoms with E-state index in [-0.39, 0.29) is 12.0 Å². The maximum absolute atomic E-state index is 12.9. The molecule has 136 valence electrons. The number of carbonyl (C=O) groups is 3. The lowest BCUT2D eigenvalue weighted by atomic mass is 10.0. The second kappa shape index (κ2) is 8.96. The van der Waals surface area contributed by atoms with Crippen molar-refractivity contribution in [2.24, 2.45) is 5.73 Å². The van der Waals surface area contributed by atoms with E-state index in [1.807, 2.05) is 0 Å². The van der Waals surface area contributed by atoms with Gasteiger partial charge in [-0.2, -0.15) is 0 Å². The minimum absolute atomic E-state index is 0.220. The summed E-state index contributed by atoms with van der Waals surface area (Å²) in [6, 6.07) is 9.89. The van der Waals surface area contributed by atoms with Gasteiger partial charge in [-0.3, -0.25) is 9.59 Å². The maximum Gasteiger partial charge on any atom is 0.312 e. The van der Waals surface area contributed by atoms with Crippen molar-refractivity contribution in [3.8, 4) is 0 Å². The third-order valence-electron chi connectivity index (χ3n) is 3.50. The highest BCUT2D eigenvalue weighted by atomic mass is 35.5. The first-order valence-electron chi connectivity index (χ1n) is 7.61. The molecule has 0 aliphatic carbocycles. The van der Waals surface area contributed by atoms with Crippen molar-refractivity contribution in [3.05, 3.63) is 70.5 Å².